The molecule has 1 heterocycles. The lowest BCUT2D eigenvalue weighted by atomic mass is 9.94. The quantitative estimate of drug-likeness (QED) is 0.416. The Kier molecular flexibility index (Phi) is 7.60. The van der Waals surface area contributed by atoms with Gasteiger partial charge in [0.2, 0.25) is 0 Å². The van der Waals surface area contributed by atoms with E-state index in [-0.39, 0.29) is 17.4 Å². The van der Waals surface area contributed by atoms with Gasteiger partial charge in [-0.2, -0.15) is 0 Å². The van der Waals surface area contributed by atoms with Gasteiger partial charge in [-0.3, -0.25) is 5.32 Å². The number of anilines is 1. The number of nitrogens with one attached hydrogen (secondary N) is 1. The van der Waals surface area contributed by atoms with Crippen molar-refractivity contribution in [1.29, 1.82) is 0 Å². The second-order valence-corrected chi connectivity index (χ2v) is 8.37. The average molecular weight is 459 g/mol. The van der Waals surface area contributed by atoms with Crippen LogP contribution in [0.15, 0.2) is 72.8 Å². The summed E-state index contributed by atoms with van der Waals surface area (Å²) in [6.07, 6.45) is 3.20. The van der Waals surface area contributed by atoms with Crippen LogP contribution in [0.1, 0.15) is 58.9 Å². The number of ether oxygens (including phenoxy) is 1. The molecule has 1 aliphatic heterocycles. The first-order valence-corrected chi connectivity index (χ1v) is 11.7. The van der Waals surface area contributed by atoms with Crippen LogP contribution in [0, 0.1) is 0 Å². The maximum atomic E-state index is 12.3. The van der Waals surface area contributed by atoms with Crippen LogP contribution < -0.4 is 15.0 Å². The van der Waals surface area contributed by atoms with E-state index < -0.39 is 12.0 Å². The van der Waals surface area contributed by atoms with Gasteiger partial charge in [-0.25, -0.2) is 4.79 Å². The molecule has 3 aromatic carbocycles. The summed E-state index contributed by atoms with van der Waals surface area (Å²) in [5, 5.41) is 13.0. The molecule has 6 nitrogen and oxygen atoms in total. The molecule has 176 valence electrons. The first-order chi connectivity index (χ1) is 16.6. The molecular weight excluding hydrogens is 428 g/mol. The minimum absolute atomic E-state index is 0.0780. The van der Waals surface area contributed by atoms with Crippen molar-refractivity contribution < 1.29 is 19.4 Å². The standard InChI is InChI=1S/C28H30N2O4/c1-2-34-26-18-21(14-15-23(26)28(32)33)24(19-31)29-27(20-10-4-3-5-11-20)22-12-6-7-13-25(22)30-16-8-9-17-30/h3-7,10-15,18-19,24,27,29H,2,8-9,16-17H2,1H3,(H,32,33). The largest absolute Gasteiger partial charge is 0.493 e. The van der Waals surface area contributed by atoms with Crippen molar-refractivity contribution >= 4 is 17.9 Å². The molecule has 3 aromatic rings. The summed E-state index contributed by atoms with van der Waals surface area (Å²) in [6, 6.07) is 22.3. The summed E-state index contributed by atoms with van der Waals surface area (Å²) in [6.45, 7) is 4.17. The van der Waals surface area contributed by atoms with Gasteiger partial charge in [0, 0.05) is 18.8 Å². The Morgan fingerprint density at radius 2 is 1.74 bits per heavy atom. The van der Waals surface area contributed by atoms with E-state index in [1.54, 1.807) is 19.1 Å². The number of carboxylic acid groups (broad SMARTS) is 1. The molecule has 1 saturated heterocycles. The molecule has 2 N–H and O–H groups in total. The Balaban J connectivity index is 1.74. The van der Waals surface area contributed by atoms with Gasteiger partial charge < -0.3 is 19.5 Å². The van der Waals surface area contributed by atoms with Crippen LogP contribution in [0.2, 0.25) is 0 Å². The van der Waals surface area contributed by atoms with E-state index in [1.165, 1.54) is 24.6 Å². The Hall–Kier alpha value is -3.64. The van der Waals surface area contributed by atoms with E-state index >= 15 is 0 Å². The van der Waals surface area contributed by atoms with Crippen molar-refractivity contribution in [3.05, 3.63) is 95.1 Å². The van der Waals surface area contributed by atoms with Crippen LogP contribution in [0.3, 0.4) is 0 Å². The predicted molar refractivity (Wildman–Crippen MR) is 133 cm³/mol. The molecule has 0 bridgehead atoms. The summed E-state index contributed by atoms with van der Waals surface area (Å²) in [7, 11) is 0. The average Bonchev–Trinajstić information content (AvgIpc) is 3.40. The van der Waals surface area contributed by atoms with Crippen LogP contribution in [0.5, 0.6) is 5.75 Å². The van der Waals surface area contributed by atoms with Crippen molar-refractivity contribution in [2.75, 3.05) is 24.6 Å². The molecule has 0 radical (unpaired) electrons. The number of hydrogen-bond donors (Lipinski definition) is 2. The molecule has 0 aliphatic carbocycles. The van der Waals surface area contributed by atoms with Crippen LogP contribution in [-0.2, 0) is 4.79 Å². The normalized spacial score (nSPS) is 15.0. The molecule has 1 fully saturated rings. The highest BCUT2D eigenvalue weighted by molar-refractivity contribution is 5.91. The summed E-state index contributed by atoms with van der Waals surface area (Å²) in [5.41, 5.74) is 4.06. The maximum absolute atomic E-state index is 12.3. The summed E-state index contributed by atoms with van der Waals surface area (Å²) in [4.78, 5) is 26.3. The zero-order valence-electron chi connectivity index (χ0n) is 19.3. The third kappa shape index (κ3) is 5.13. The third-order valence-corrected chi connectivity index (χ3v) is 6.20. The number of benzene rings is 3. The second kappa shape index (κ2) is 11.0. The molecule has 0 aromatic heterocycles. The van der Waals surface area contributed by atoms with Gasteiger partial charge in [0.1, 0.15) is 17.6 Å². The SMILES string of the molecule is CCOc1cc(C(C=O)NC(c2ccccc2)c2ccccc2N2CCCC2)ccc1C(=O)O. The van der Waals surface area contributed by atoms with Crippen molar-refractivity contribution in [1.82, 2.24) is 5.32 Å². The van der Waals surface area contributed by atoms with Crippen molar-refractivity contribution in [2.45, 2.75) is 31.8 Å². The van der Waals surface area contributed by atoms with Gasteiger partial charge in [0.05, 0.1) is 18.7 Å². The molecule has 4 rings (SSSR count). The van der Waals surface area contributed by atoms with Gasteiger partial charge in [-0.15, -0.1) is 0 Å². The van der Waals surface area contributed by atoms with E-state index in [4.69, 9.17) is 4.74 Å². The number of aromatic carboxylic acids is 1. The monoisotopic (exact) mass is 458 g/mol. The first-order valence-electron chi connectivity index (χ1n) is 11.7. The number of aldehydes is 1. The highest BCUT2D eigenvalue weighted by Crippen LogP contribution is 2.35. The molecule has 1 aliphatic rings. The van der Waals surface area contributed by atoms with Gasteiger partial charge >= 0.3 is 5.97 Å². The van der Waals surface area contributed by atoms with E-state index in [2.05, 4.69) is 40.5 Å². The fraction of sp³-hybridized carbons (Fsp3) is 0.286. The number of carbonyl (C=O) groups is 2. The van der Waals surface area contributed by atoms with Crippen LogP contribution in [0.25, 0.3) is 0 Å². The highest BCUT2D eigenvalue weighted by Gasteiger charge is 2.25. The summed E-state index contributed by atoms with van der Waals surface area (Å²) < 4.78 is 5.56. The number of hydrogen-bond acceptors (Lipinski definition) is 5. The maximum Gasteiger partial charge on any atom is 0.339 e. The Morgan fingerprint density at radius 1 is 1.03 bits per heavy atom. The number of para-hydroxylation sites is 1. The molecule has 0 spiro atoms. The second-order valence-electron chi connectivity index (χ2n) is 8.37. The highest BCUT2D eigenvalue weighted by atomic mass is 16.5. The van der Waals surface area contributed by atoms with E-state index in [0.29, 0.717) is 12.2 Å². The molecule has 2 atom stereocenters. The predicted octanol–water partition coefficient (Wildman–Crippen LogP) is 5.00. The molecule has 0 saturated carbocycles. The molecule has 2 unspecified atom stereocenters. The van der Waals surface area contributed by atoms with Gasteiger partial charge in [-0.05, 0) is 54.7 Å². The zero-order valence-corrected chi connectivity index (χ0v) is 19.3. The molecule has 34 heavy (non-hydrogen) atoms. The van der Waals surface area contributed by atoms with Gasteiger partial charge in [0.25, 0.3) is 0 Å². The molecular formula is C28H30N2O4. The fourth-order valence-corrected chi connectivity index (χ4v) is 4.57. The lowest BCUT2D eigenvalue weighted by Gasteiger charge is -2.29. The number of nitrogens with zero attached hydrogens (tertiary/aromatic N) is 1. The Labute approximate surface area is 200 Å². The summed E-state index contributed by atoms with van der Waals surface area (Å²) >= 11 is 0. The zero-order chi connectivity index (χ0) is 23.9. The lowest BCUT2D eigenvalue weighted by Crippen LogP contribution is -2.30. The van der Waals surface area contributed by atoms with Crippen LogP contribution in [-0.4, -0.2) is 37.1 Å². The van der Waals surface area contributed by atoms with Gasteiger partial charge in [0.15, 0.2) is 0 Å². The first kappa shape index (κ1) is 23.5. The Bertz CT molecular complexity index is 1130. The lowest BCUT2D eigenvalue weighted by molar-refractivity contribution is -0.109. The van der Waals surface area contributed by atoms with Crippen LogP contribution in [0.4, 0.5) is 5.69 Å². The Morgan fingerprint density at radius 3 is 2.41 bits per heavy atom. The molecule has 6 heteroatoms. The number of carbonyl (C=O) groups excluding carboxylic acids is 1. The van der Waals surface area contributed by atoms with E-state index in [1.807, 2.05) is 24.3 Å². The fourth-order valence-electron chi connectivity index (χ4n) is 4.57. The van der Waals surface area contributed by atoms with Crippen molar-refractivity contribution in [2.24, 2.45) is 0 Å². The van der Waals surface area contributed by atoms with E-state index in [0.717, 1.165) is 30.5 Å². The summed E-state index contributed by atoms with van der Waals surface area (Å²) in [5.74, 6) is -0.804. The topological polar surface area (TPSA) is 78.9 Å². The van der Waals surface area contributed by atoms with Crippen LogP contribution >= 0.6 is 0 Å². The van der Waals surface area contributed by atoms with Crippen molar-refractivity contribution in [3.63, 3.8) is 0 Å². The number of carboxylic acids is 1. The minimum Gasteiger partial charge on any atom is -0.493 e. The molecule has 0 amide bonds. The van der Waals surface area contributed by atoms with Gasteiger partial charge in [-0.1, -0.05) is 54.6 Å². The minimum atomic E-state index is -1.06. The smallest absolute Gasteiger partial charge is 0.339 e. The van der Waals surface area contributed by atoms with E-state index in [9.17, 15) is 14.7 Å². The van der Waals surface area contributed by atoms with Crippen molar-refractivity contribution in [3.8, 4) is 5.75 Å². The number of rotatable bonds is 10. The third-order valence-electron chi connectivity index (χ3n) is 6.20.